The van der Waals surface area contributed by atoms with E-state index in [1.165, 1.54) is 13.4 Å². The van der Waals surface area contributed by atoms with Crippen molar-refractivity contribution in [3.8, 4) is 0 Å². The highest BCUT2D eigenvalue weighted by Gasteiger charge is 2.12. The third-order valence-corrected chi connectivity index (χ3v) is 4.01. The second-order valence-corrected chi connectivity index (χ2v) is 7.00. The summed E-state index contributed by atoms with van der Waals surface area (Å²) in [6.45, 7) is 0. The van der Waals surface area contributed by atoms with Gasteiger partial charge >= 0.3 is 5.97 Å². The minimum atomic E-state index is -2.86. The summed E-state index contributed by atoms with van der Waals surface area (Å²) in [5.74, 6) is 1.31. The molecule has 2 N–H and O–H groups in total. The Morgan fingerprint density at radius 2 is 2.06 bits per heavy atom. The molecule has 16 heavy (non-hydrogen) atoms. The number of ether oxygens (including phenoxy) is 1. The molecule has 0 aromatic heterocycles. The van der Waals surface area contributed by atoms with Gasteiger partial charge in [0.25, 0.3) is 0 Å². The van der Waals surface area contributed by atoms with Crippen LogP contribution in [0.25, 0.3) is 0 Å². The van der Waals surface area contributed by atoms with Crippen LogP contribution >= 0.6 is 11.8 Å². The van der Waals surface area contributed by atoms with Crippen molar-refractivity contribution in [2.24, 2.45) is 5.73 Å². The Morgan fingerprint density at radius 1 is 1.44 bits per heavy atom. The zero-order valence-corrected chi connectivity index (χ0v) is 11.3. The first-order valence-corrected chi connectivity index (χ1v) is 8.17. The summed E-state index contributed by atoms with van der Waals surface area (Å²) in [7, 11) is -1.55. The van der Waals surface area contributed by atoms with E-state index in [9.17, 15) is 13.2 Å². The molecule has 0 fully saturated rings. The number of carbonyl (C=O) groups excluding carboxylic acids is 1. The standard InChI is InChI=1S/C9H19NO4S2/c1-14-9(11)8(10)4-6-15-5-3-7-16(2,12)13/h8H,3-7,10H2,1-2H3. The highest BCUT2D eigenvalue weighted by molar-refractivity contribution is 7.99. The van der Waals surface area contributed by atoms with Crippen molar-refractivity contribution < 1.29 is 17.9 Å². The monoisotopic (exact) mass is 269 g/mol. The largest absolute Gasteiger partial charge is 0.468 e. The van der Waals surface area contributed by atoms with Gasteiger partial charge in [-0.05, 0) is 24.3 Å². The van der Waals surface area contributed by atoms with Crippen molar-refractivity contribution >= 4 is 27.6 Å². The number of sulfone groups is 1. The Kier molecular flexibility index (Phi) is 7.78. The van der Waals surface area contributed by atoms with Crippen molar-refractivity contribution in [2.75, 3.05) is 30.6 Å². The third kappa shape index (κ3) is 8.99. The van der Waals surface area contributed by atoms with E-state index in [4.69, 9.17) is 5.73 Å². The summed E-state index contributed by atoms with van der Waals surface area (Å²) >= 11 is 1.60. The predicted octanol–water partition coefficient (Wildman–Crippen LogP) is 0.0447. The van der Waals surface area contributed by atoms with Gasteiger partial charge in [0.05, 0.1) is 12.9 Å². The van der Waals surface area contributed by atoms with E-state index in [-0.39, 0.29) is 5.75 Å². The fourth-order valence-electron chi connectivity index (χ4n) is 1.00. The van der Waals surface area contributed by atoms with Crippen LogP contribution in [0.2, 0.25) is 0 Å². The quantitative estimate of drug-likeness (QED) is 0.495. The van der Waals surface area contributed by atoms with Gasteiger partial charge in [0.15, 0.2) is 0 Å². The van der Waals surface area contributed by atoms with E-state index < -0.39 is 21.8 Å². The molecule has 1 atom stereocenters. The smallest absolute Gasteiger partial charge is 0.322 e. The molecule has 0 aromatic rings. The highest BCUT2D eigenvalue weighted by Crippen LogP contribution is 2.07. The first-order valence-electron chi connectivity index (χ1n) is 4.95. The lowest BCUT2D eigenvalue weighted by atomic mass is 10.2. The van der Waals surface area contributed by atoms with Gasteiger partial charge in [0.2, 0.25) is 0 Å². The van der Waals surface area contributed by atoms with Gasteiger partial charge in [-0.15, -0.1) is 0 Å². The number of hydrogen-bond donors (Lipinski definition) is 1. The Balaban J connectivity index is 3.44. The average Bonchev–Trinajstić information content (AvgIpc) is 2.20. The van der Waals surface area contributed by atoms with Crippen LogP contribution in [0.15, 0.2) is 0 Å². The number of thioether (sulfide) groups is 1. The number of methoxy groups -OCH3 is 1. The molecule has 7 heteroatoms. The maximum absolute atomic E-state index is 10.9. The van der Waals surface area contributed by atoms with Crippen LogP contribution in [0.5, 0.6) is 0 Å². The first kappa shape index (κ1) is 15.7. The molecule has 0 heterocycles. The van der Waals surface area contributed by atoms with Crippen LogP contribution in [-0.2, 0) is 19.4 Å². The second-order valence-electron chi connectivity index (χ2n) is 3.51. The maximum Gasteiger partial charge on any atom is 0.322 e. The summed E-state index contributed by atoms with van der Waals surface area (Å²) in [6.07, 6.45) is 2.41. The molecule has 0 aliphatic heterocycles. The van der Waals surface area contributed by atoms with Crippen LogP contribution in [0.1, 0.15) is 12.8 Å². The van der Waals surface area contributed by atoms with Crippen LogP contribution in [-0.4, -0.2) is 51.1 Å². The summed E-state index contributed by atoms with van der Waals surface area (Å²) in [5.41, 5.74) is 5.53. The second kappa shape index (κ2) is 7.92. The van der Waals surface area contributed by atoms with Gasteiger partial charge in [-0.1, -0.05) is 0 Å². The van der Waals surface area contributed by atoms with E-state index in [0.717, 1.165) is 11.5 Å². The number of esters is 1. The molecule has 0 spiro atoms. The molecule has 0 radical (unpaired) electrons. The molecule has 5 nitrogen and oxygen atoms in total. The predicted molar refractivity (Wildman–Crippen MR) is 66.3 cm³/mol. The lowest BCUT2D eigenvalue weighted by Gasteiger charge is -2.08. The van der Waals surface area contributed by atoms with Crippen LogP contribution in [0.4, 0.5) is 0 Å². The topological polar surface area (TPSA) is 86.5 Å². The Labute approximate surface area is 101 Å². The minimum absolute atomic E-state index is 0.211. The highest BCUT2D eigenvalue weighted by atomic mass is 32.2. The minimum Gasteiger partial charge on any atom is -0.468 e. The van der Waals surface area contributed by atoms with Crippen LogP contribution in [0, 0.1) is 0 Å². The van der Waals surface area contributed by atoms with Crippen molar-refractivity contribution in [3.05, 3.63) is 0 Å². The van der Waals surface area contributed by atoms with Gasteiger partial charge in [-0.2, -0.15) is 11.8 Å². The fourth-order valence-corrected chi connectivity index (χ4v) is 2.83. The normalized spacial score (nSPS) is 13.4. The van der Waals surface area contributed by atoms with Gasteiger partial charge in [-0.25, -0.2) is 8.42 Å². The number of nitrogens with two attached hydrogens (primary N) is 1. The molecule has 0 rings (SSSR count). The van der Waals surface area contributed by atoms with Gasteiger partial charge in [0.1, 0.15) is 15.9 Å². The molecular formula is C9H19NO4S2. The van der Waals surface area contributed by atoms with E-state index in [1.807, 2.05) is 0 Å². The number of hydrogen-bond acceptors (Lipinski definition) is 6. The Bertz CT molecular complexity index is 303. The van der Waals surface area contributed by atoms with E-state index in [2.05, 4.69) is 4.74 Å². The third-order valence-electron chi connectivity index (χ3n) is 1.88. The van der Waals surface area contributed by atoms with E-state index in [0.29, 0.717) is 12.8 Å². The molecule has 0 aliphatic carbocycles. The van der Waals surface area contributed by atoms with Crippen molar-refractivity contribution in [1.82, 2.24) is 0 Å². The van der Waals surface area contributed by atoms with Crippen molar-refractivity contribution in [2.45, 2.75) is 18.9 Å². The molecule has 1 unspecified atom stereocenters. The zero-order valence-electron chi connectivity index (χ0n) is 9.64. The van der Waals surface area contributed by atoms with Gasteiger partial charge in [0, 0.05) is 6.26 Å². The van der Waals surface area contributed by atoms with Crippen molar-refractivity contribution in [1.29, 1.82) is 0 Å². The number of rotatable bonds is 8. The van der Waals surface area contributed by atoms with Gasteiger partial charge < -0.3 is 10.5 Å². The first-order chi connectivity index (χ1) is 7.37. The molecule has 0 aromatic carbocycles. The molecule has 0 saturated heterocycles. The molecular weight excluding hydrogens is 250 g/mol. The number of carbonyl (C=O) groups is 1. The molecule has 96 valence electrons. The molecule has 0 saturated carbocycles. The maximum atomic E-state index is 10.9. The van der Waals surface area contributed by atoms with E-state index in [1.54, 1.807) is 11.8 Å². The average molecular weight is 269 g/mol. The summed E-state index contributed by atoms with van der Waals surface area (Å²) in [5, 5.41) is 0. The zero-order chi connectivity index (χ0) is 12.6. The van der Waals surface area contributed by atoms with Crippen LogP contribution in [0.3, 0.4) is 0 Å². The SMILES string of the molecule is COC(=O)C(N)CCSCCCS(C)(=O)=O. The molecule has 0 amide bonds. The summed E-state index contributed by atoms with van der Waals surface area (Å²) in [6, 6.07) is -0.576. The lowest BCUT2D eigenvalue weighted by Crippen LogP contribution is -2.32. The summed E-state index contributed by atoms with van der Waals surface area (Å²) < 4.78 is 26.1. The molecule has 0 bridgehead atoms. The Hall–Kier alpha value is -0.270. The fraction of sp³-hybridized carbons (Fsp3) is 0.889. The molecule has 0 aliphatic rings. The lowest BCUT2D eigenvalue weighted by molar-refractivity contribution is -0.142. The van der Waals surface area contributed by atoms with Crippen molar-refractivity contribution in [3.63, 3.8) is 0 Å². The van der Waals surface area contributed by atoms with E-state index >= 15 is 0 Å². The summed E-state index contributed by atoms with van der Waals surface area (Å²) in [4.78, 5) is 10.9. The van der Waals surface area contributed by atoms with Crippen LogP contribution < -0.4 is 5.73 Å². The Morgan fingerprint density at radius 3 is 2.56 bits per heavy atom. The van der Waals surface area contributed by atoms with Gasteiger partial charge in [-0.3, -0.25) is 4.79 Å².